The molecule has 40 N–H and O–H groups in total. The van der Waals surface area contributed by atoms with Gasteiger partial charge in [0.2, 0.25) is 35.4 Å². The molecule has 0 aliphatic heterocycles. The number of guanidine groups is 8. The first-order valence-electron chi connectivity index (χ1n) is 33.2. The van der Waals surface area contributed by atoms with Crippen molar-refractivity contribution in [1.29, 1.82) is 0 Å². The van der Waals surface area contributed by atoms with Gasteiger partial charge in [-0.05, 0) is 103 Å². The number of hydrogen-bond donors (Lipinski definition) is 24. The number of aliphatic imine (C=N–C) groups is 8. The number of thiol groups is 1. The van der Waals surface area contributed by atoms with Gasteiger partial charge in [0.05, 0.1) is 36.7 Å². The smallest absolute Gasteiger partial charge is 0.240 e. The van der Waals surface area contributed by atoms with E-state index in [1.807, 2.05) is 0 Å². The number of Topliss-reactive ketones (excluding diaryl/α,β-unsaturated/α-hetero) is 4. The van der Waals surface area contributed by atoms with Crippen LogP contribution in [0.25, 0.3) is 0 Å². The average molecular weight is 1450 g/mol. The van der Waals surface area contributed by atoms with E-state index in [4.69, 9.17) is 97.5 Å². The normalized spacial score (nSPS) is 13.8. The van der Waals surface area contributed by atoms with E-state index in [0.29, 0.717) is 0 Å². The third-order valence-corrected chi connectivity index (χ3v) is 15.8. The zero-order chi connectivity index (χ0) is 76.6. The summed E-state index contributed by atoms with van der Waals surface area (Å²) in [4.78, 5) is 174. The number of nitrogens with two attached hydrogens (primary N) is 17. The van der Waals surface area contributed by atoms with Gasteiger partial charge in [-0.1, -0.05) is 6.92 Å². The van der Waals surface area contributed by atoms with Crippen LogP contribution in [0.15, 0.2) is 39.9 Å². The first-order chi connectivity index (χ1) is 47.6. The fraction of sp³-hybridized carbons (Fsp3) is 0.695. The molecule has 0 aromatic heterocycles. The van der Waals surface area contributed by atoms with Crippen molar-refractivity contribution in [2.75, 3.05) is 64.7 Å². The average Bonchev–Trinajstić information content (AvgIpc) is 0.903. The molecule has 41 nitrogen and oxygen atoms in total. The van der Waals surface area contributed by atoms with Gasteiger partial charge in [-0.3, -0.25) is 87.9 Å². The molecule has 0 bridgehead atoms. The Morgan fingerprint density at radius 1 is 0.297 bits per heavy atom. The van der Waals surface area contributed by atoms with E-state index in [1.165, 1.54) is 6.92 Å². The summed E-state index contributed by atoms with van der Waals surface area (Å²) in [7, 11) is 0. The topological polar surface area (TPSA) is 792 Å². The molecule has 0 radical (unpaired) electrons. The third kappa shape index (κ3) is 43.9. The number of hydrogen-bond acceptors (Lipinski definition) is 20. The molecule has 0 unspecified atom stereocenters. The molecule has 0 saturated carbocycles. The zero-order valence-electron chi connectivity index (χ0n) is 57.9. The van der Waals surface area contributed by atoms with Crippen molar-refractivity contribution in [3.63, 3.8) is 0 Å². The first kappa shape index (κ1) is 91.0. The number of aliphatic hydroxyl groups is 1. The van der Waals surface area contributed by atoms with Crippen LogP contribution < -0.4 is 124 Å². The SMILES string of the molecule is C[C@H](CO)C(=O)N[C@H](CCCN=C(N)N)C(=O)C[C@H](CCCN=C(N)N)C(=O)N[C@H](CCCN=C(N)N)C(=O)C[C@H](CCCN=C(N)N)C(=O)N[C@H](CCCN=C(N)N)C(=O)C[C@H](CCCN=C(N)N)C(=O)N[C@H](CCCN=C(N)N)C(=O)C[C@H](CCCN=C(N)N)C(=O)N[C@H](CS)C(N)=O. The molecule has 0 aromatic rings. The molecule has 0 aliphatic rings. The Labute approximate surface area is 593 Å². The molecule has 0 aromatic carbocycles. The van der Waals surface area contributed by atoms with Crippen LogP contribution in [0.3, 0.4) is 0 Å². The first-order valence-corrected chi connectivity index (χ1v) is 33.8. The number of carbonyl (C=O) groups excluding carboxylic acids is 10. The van der Waals surface area contributed by atoms with Gasteiger partial charge in [-0.2, -0.15) is 12.6 Å². The summed E-state index contributed by atoms with van der Waals surface area (Å²) in [5.41, 5.74) is 94.8. The number of nitrogens with one attached hydrogen (secondary N) is 5. The van der Waals surface area contributed by atoms with Gasteiger partial charge in [0.1, 0.15) is 6.04 Å². The molecular weight excluding hydrogens is 1340 g/mol. The molecule has 0 aliphatic carbocycles. The summed E-state index contributed by atoms with van der Waals surface area (Å²) in [6.07, 6.45) is -1.44. The van der Waals surface area contributed by atoms with Crippen LogP contribution in [0, 0.1) is 29.6 Å². The number of aliphatic hydroxyl groups excluding tert-OH is 1. The molecule has 101 heavy (non-hydrogen) atoms. The second-order valence-electron chi connectivity index (χ2n) is 24.0. The highest BCUT2D eigenvalue weighted by Gasteiger charge is 2.36. The molecule has 0 heterocycles. The van der Waals surface area contributed by atoms with Crippen LogP contribution in [0.4, 0.5) is 0 Å². The van der Waals surface area contributed by atoms with E-state index < -0.39 is 151 Å². The van der Waals surface area contributed by atoms with Crippen molar-refractivity contribution in [2.45, 2.75) is 166 Å². The maximum absolute atomic E-state index is 15.0. The van der Waals surface area contributed by atoms with Crippen molar-refractivity contribution in [3.8, 4) is 0 Å². The predicted octanol–water partition coefficient (Wildman–Crippen LogP) is -8.82. The Balaban J connectivity index is 7.88. The van der Waals surface area contributed by atoms with Crippen LogP contribution in [-0.2, 0) is 47.9 Å². The number of amides is 6. The van der Waals surface area contributed by atoms with Crippen molar-refractivity contribution >= 4 is 119 Å². The van der Waals surface area contributed by atoms with E-state index in [1.54, 1.807) is 0 Å². The Bertz CT molecular complexity index is 2880. The molecule has 0 spiro atoms. The molecule has 0 fully saturated rings. The fourth-order valence-electron chi connectivity index (χ4n) is 10.1. The lowest BCUT2D eigenvalue weighted by atomic mass is 9.88. The Kier molecular flexibility index (Phi) is 46.9. The number of primary amides is 1. The van der Waals surface area contributed by atoms with Crippen LogP contribution in [0.2, 0.25) is 0 Å². The summed E-state index contributed by atoms with van der Waals surface area (Å²) in [5.74, 6) is -15.1. The molecule has 10 atom stereocenters. The monoisotopic (exact) mass is 1450 g/mol. The highest BCUT2D eigenvalue weighted by atomic mass is 32.1. The van der Waals surface area contributed by atoms with Crippen molar-refractivity contribution in [1.82, 2.24) is 26.6 Å². The van der Waals surface area contributed by atoms with E-state index >= 15 is 0 Å². The predicted molar refractivity (Wildman–Crippen MR) is 391 cm³/mol. The van der Waals surface area contributed by atoms with Crippen molar-refractivity contribution in [2.24, 2.45) is 167 Å². The molecule has 572 valence electrons. The fourth-order valence-corrected chi connectivity index (χ4v) is 10.3. The summed E-state index contributed by atoms with van der Waals surface area (Å²) >= 11 is 4.12. The lowest BCUT2D eigenvalue weighted by molar-refractivity contribution is -0.136. The van der Waals surface area contributed by atoms with Gasteiger partial charge in [-0.25, -0.2) is 0 Å². The van der Waals surface area contributed by atoms with E-state index in [-0.39, 0.29) is 209 Å². The maximum atomic E-state index is 15.0. The highest BCUT2D eigenvalue weighted by Crippen LogP contribution is 2.23. The van der Waals surface area contributed by atoms with Crippen LogP contribution in [0.5, 0.6) is 0 Å². The Hall–Kier alpha value is -10.0. The minimum absolute atomic E-state index is 0.00694. The summed E-state index contributed by atoms with van der Waals surface area (Å²) in [6.45, 7) is 1.06. The maximum Gasteiger partial charge on any atom is 0.240 e. The second kappa shape index (κ2) is 52.1. The van der Waals surface area contributed by atoms with Crippen LogP contribution in [0.1, 0.15) is 135 Å². The van der Waals surface area contributed by atoms with Gasteiger partial charge in [0, 0.05) is 107 Å². The number of nitrogens with zero attached hydrogens (tertiary/aromatic N) is 8. The van der Waals surface area contributed by atoms with Gasteiger partial charge in [0.25, 0.3) is 0 Å². The highest BCUT2D eigenvalue weighted by molar-refractivity contribution is 7.80. The second-order valence-corrected chi connectivity index (χ2v) is 24.4. The molecular formula is C59H114N30O11S. The van der Waals surface area contributed by atoms with E-state index in [2.05, 4.69) is 79.2 Å². The Morgan fingerprint density at radius 3 is 0.644 bits per heavy atom. The van der Waals surface area contributed by atoms with Gasteiger partial charge in [-0.15, -0.1) is 0 Å². The number of carbonyl (C=O) groups is 10. The largest absolute Gasteiger partial charge is 0.396 e. The third-order valence-electron chi connectivity index (χ3n) is 15.5. The molecule has 0 saturated heterocycles. The summed E-state index contributed by atoms with van der Waals surface area (Å²) in [6, 6.07) is -6.49. The van der Waals surface area contributed by atoms with Crippen molar-refractivity contribution in [3.05, 3.63) is 0 Å². The summed E-state index contributed by atoms with van der Waals surface area (Å²) in [5, 5.41) is 23.2. The van der Waals surface area contributed by atoms with E-state index in [9.17, 15) is 53.1 Å². The minimum atomic E-state index is -1.41. The van der Waals surface area contributed by atoms with Gasteiger partial charge >= 0.3 is 0 Å². The summed E-state index contributed by atoms with van der Waals surface area (Å²) < 4.78 is 0. The van der Waals surface area contributed by atoms with E-state index in [0.717, 1.165) is 0 Å². The standard InChI is InChI=1S/C59H114N30O11S/c1-32(30-90)47(96)85-37(14-6-22-81-56(69)70)42(91)26-33(10-2-18-77-52(61)62)48(97)86-38(15-7-23-82-57(71)72)43(92)27-34(11-3-19-78-53(63)64)49(98)87-39(16-8-24-83-58(73)74)44(93)28-35(12-4-20-79-54(65)66)50(99)88-40(17-9-25-84-59(75)76)45(94)29-36(13-5-21-80-55(67)68)51(100)89-41(31-101)46(60)95/h32-41,90,101H,2-31H2,1H3,(H2,60,95)(H,85,96)(H,86,97)(H,87,98)(H,88,99)(H,89,100)(H4,61,62,77)(H4,63,64,78)(H4,65,66,79)(H4,67,68,80)(H4,69,70,81)(H4,71,72,82)(H4,73,74,83)(H4,75,76,84)/t32-,33+,34+,35+,36+,37-,38-,39-,40-,41-/m1/s1. The zero-order valence-corrected chi connectivity index (χ0v) is 58.8. The van der Waals surface area contributed by atoms with Crippen molar-refractivity contribution < 1.29 is 53.1 Å². The lowest BCUT2D eigenvalue weighted by Gasteiger charge is -2.27. The van der Waals surface area contributed by atoms with Gasteiger partial charge in [0.15, 0.2) is 70.8 Å². The van der Waals surface area contributed by atoms with Crippen LogP contribution in [-0.4, -0.2) is 206 Å². The molecule has 42 heteroatoms. The minimum Gasteiger partial charge on any atom is -0.396 e. The molecule has 0 rings (SSSR count). The van der Waals surface area contributed by atoms with Crippen LogP contribution >= 0.6 is 12.6 Å². The lowest BCUT2D eigenvalue weighted by Crippen LogP contribution is -2.50. The Morgan fingerprint density at radius 2 is 0.475 bits per heavy atom. The molecule has 6 amide bonds. The quantitative estimate of drug-likeness (QED) is 0.0116. The number of rotatable bonds is 57. The number of ketones is 4. The van der Waals surface area contributed by atoms with Gasteiger partial charge < -0.3 is 129 Å².